The Balaban J connectivity index is 1.02. The first-order valence-corrected chi connectivity index (χ1v) is 17.2. The van der Waals surface area contributed by atoms with E-state index in [1.807, 2.05) is 11.6 Å². The lowest BCUT2D eigenvalue weighted by molar-refractivity contribution is -0.138. The van der Waals surface area contributed by atoms with Crippen molar-refractivity contribution in [2.75, 3.05) is 50.3 Å². The second kappa shape index (κ2) is 14.2. The van der Waals surface area contributed by atoms with Gasteiger partial charge in [-0.15, -0.1) is 0 Å². The highest BCUT2D eigenvalue weighted by Crippen LogP contribution is 2.35. The van der Waals surface area contributed by atoms with Crippen LogP contribution in [0.1, 0.15) is 56.7 Å². The van der Waals surface area contributed by atoms with Crippen molar-refractivity contribution in [3.05, 3.63) is 93.8 Å². The number of benzene rings is 2. The number of nitrogens with one attached hydrogen (secondary N) is 2. The zero-order valence-corrected chi connectivity index (χ0v) is 28.3. The normalized spacial score (nSPS) is 16.6. The summed E-state index contributed by atoms with van der Waals surface area (Å²) < 4.78 is 44.4. The van der Waals surface area contributed by atoms with E-state index in [1.54, 1.807) is 30.3 Å². The number of carbonyl (C=O) groups is 2. The Hall–Kier alpha value is -5.19. The Morgan fingerprint density at radius 2 is 1.84 bits per heavy atom. The van der Waals surface area contributed by atoms with E-state index in [4.69, 9.17) is 5.73 Å². The third-order valence-corrected chi connectivity index (χ3v) is 9.70. The van der Waals surface area contributed by atoms with Crippen LogP contribution in [0.15, 0.2) is 54.7 Å². The fourth-order valence-corrected chi connectivity index (χ4v) is 6.82. The number of halogens is 3. The van der Waals surface area contributed by atoms with Gasteiger partial charge in [-0.25, -0.2) is 9.97 Å². The van der Waals surface area contributed by atoms with Gasteiger partial charge in [0.05, 0.1) is 28.8 Å². The first kappa shape index (κ1) is 34.3. The van der Waals surface area contributed by atoms with Crippen molar-refractivity contribution in [2.24, 2.45) is 13.0 Å². The van der Waals surface area contributed by atoms with Crippen LogP contribution < -0.4 is 16.4 Å². The molecule has 2 aromatic carbocycles. The number of alkyl halides is 3. The van der Waals surface area contributed by atoms with Gasteiger partial charge >= 0.3 is 6.18 Å². The Kier molecular flexibility index (Phi) is 9.54. The Morgan fingerprint density at radius 3 is 2.59 bits per heavy atom. The van der Waals surface area contributed by atoms with Crippen LogP contribution in [-0.2, 0) is 37.4 Å². The predicted octanol–water partition coefficient (Wildman–Crippen LogP) is 4.48. The van der Waals surface area contributed by atoms with Crippen LogP contribution in [0.3, 0.4) is 0 Å². The number of piperazine rings is 1. The average Bonchev–Trinajstić information content (AvgIpc) is 3.85. The molecule has 2 aliphatic heterocycles. The molecule has 2 aromatic heterocycles. The molecule has 0 radical (unpaired) electrons. The van der Waals surface area contributed by atoms with E-state index >= 15 is 0 Å². The zero-order valence-electron chi connectivity index (χ0n) is 28.3. The molecule has 1 aliphatic carbocycles. The van der Waals surface area contributed by atoms with E-state index in [2.05, 4.69) is 42.2 Å². The van der Waals surface area contributed by atoms with E-state index in [0.717, 1.165) is 50.4 Å². The van der Waals surface area contributed by atoms with Crippen LogP contribution in [0.5, 0.6) is 0 Å². The minimum atomic E-state index is -4.56. The van der Waals surface area contributed by atoms with E-state index in [1.165, 1.54) is 31.2 Å². The summed E-state index contributed by atoms with van der Waals surface area (Å²) in [6.45, 7) is 5.05. The number of rotatable bonds is 8. The molecule has 2 fully saturated rings. The summed E-state index contributed by atoms with van der Waals surface area (Å²) in [5, 5.41) is 5.50. The molecule has 4 N–H and O–H groups in total. The highest BCUT2D eigenvalue weighted by atomic mass is 19.4. The van der Waals surface area contributed by atoms with Crippen LogP contribution in [0, 0.1) is 17.8 Å². The van der Waals surface area contributed by atoms with Crippen molar-refractivity contribution in [3.8, 4) is 23.2 Å². The van der Waals surface area contributed by atoms with Crippen LogP contribution in [0.4, 0.5) is 24.8 Å². The summed E-state index contributed by atoms with van der Waals surface area (Å²) in [6, 6.07) is 12.9. The number of carbonyl (C=O) groups excluding carboxylic acids is 2. The van der Waals surface area contributed by atoms with Gasteiger partial charge < -0.3 is 25.8 Å². The van der Waals surface area contributed by atoms with E-state index in [9.17, 15) is 22.8 Å². The minimum Gasteiger partial charge on any atom is -0.368 e. The number of nitrogens with two attached hydrogens (primary N) is 1. The molecule has 13 heteroatoms. The van der Waals surface area contributed by atoms with Crippen molar-refractivity contribution in [2.45, 2.75) is 38.4 Å². The monoisotopic (exact) mass is 696 g/mol. The van der Waals surface area contributed by atoms with E-state index in [-0.39, 0.29) is 36.1 Å². The maximum absolute atomic E-state index is 14.2. The smallest absolute Gasteiger partial charge is 0.368 e. The Bertz CT molecular complexity index is 2030. The predicted molar refractivity (Wildman–Crippen MR) is 188 cm³/mol. The maximum Gasteiger partial charge on any atom is 0.416 e. The molecule has 264 valence electrons. The van der Waals surface area contributed by atoms with Gasteiger partial charge in [-0.3, -0.25) is 14.5 Å². The maximum atomic E-state index is 14.2. The van der Waals surface area contributed by atoms with Crippen molar-refractivity contribution >= 4 is 23.5 Å². The van der Waals surface area contributed by atoms with E-state index in [0.29, 0.717) is 46.6 Å². The van der Waals surface area contributed by atoms with Crippen LogP contribution in [0.25, 0.3) is 11.4 Å². The fraction of sp³-hybridized carbons (Fsp3) is 0.368. The summed E-state index contributed by atoms with van der Waals surface area (Å²) in [7, 11) is 1.87. The quantitative estimate of drug-likeness (QED) is 0.233. The van der Waals surface area contributed by atoms with Crippen molar-refractivity contribution in [1.82, 2.24) is 29.7 Å². The highest BCUT2D eigenvalue weighted by molar-refractivity contribution is 5.98. The third-order valence-electron chi connectivity index (χ3n) is 9.70. The standard InChI is InChI=1S/C38H39F3N8O2/c1-47-32-11-12-43-36(51)30(32)20-33(47)35-27(21-44-37(42)46-35)8-7-24-3-2-4-26(17-24)18-34(50)45-29-10-9-28(31(19-29)38(39,40)41)23-49-15-13-48(14-16-49)22-25-5-6-25/h2-4,9-10,17,19-21,25H,5-6,11-16,18,22-23H2,1H3,(H,43,51)(H,45,50)(H2,42,44,46). The van der Waals surface area contributed by atoms with Crippen LogP contribution in [-0.4, -0.2) is 75.4 Å². The highest BCUT2D eigenvalue weighted by Gasteiger charge is 2.35. The van der Waals surface area contributed by atoms with Crippen LogP contribution >= 0.6 is 0 Å². The van der Waals surface area contributed by atoms with Gasteiger partial charge in [-0.05, 0) is 60.2 Å². The van der Waals surface area contributed by atoms with Gasteiger partial charge in [-0.1, -0.05) is 30.0 Å². The number of anilines is 2. The Labute approximate surface area is 294 Å². The molecule has 51 heavy (non-hydrogen) atoms. The number of hydrogen-bond donors (Lipinski definition) is 3. The molecule has 0 unspecified atom stereocenters. The summed E-state index contributed by atoms with van der Waals surface area (Å²) in [5.41, 5.74) is 9.91. The summed E-state index contributed by atoms with van der Waals surface area (Å²) in [4.78, 5) is 38.5. The molecule has 0 spiro atoms. The first-order valence-electron chi connectivity index (χ1n) is 17.2. The van der Waals surface area contributed by atoms with Gasteiger partial charge in [0.1, 0.15) is 5.69 Å². The second-order valence-corrected chi connectivity index (χ2v) is 13.5. The number of amides is 2. The largest absolute Gasteiger partial charge is 0.416 e. The van der Waals surface area contributed by atoms with Crippen LogP contribution in [0.2, 0.25) is 0 Å². The molecule has 1 saturated heterocycles. The van der Waals surface area contributed by atoms with Gasteiger partial charge in [-0.2, -0.15) is 13.2 Å². The molecule has 0 bridgehead atoms. The molecule has 0 atom stereocenters. The second-order valence-electron chi connectivity index (χ2n) is 13.5. The molecule has 4 heterocycles. The lowest BCUT2D eigenvalue weighted by atomic mass is 10.0. The van der Waals surface area contributed by atoms with Gasteiger partial charge in [0.25, 0.3) is 5.91 Å². The first-order chi connectivity index (χ1) is 24.5. The summed E-state index contributed by atoms with van der Waals surface area (Å²) in [5.74, 6) is 6.47. The van der Waals surface area contributed by atoms with Gasteiger partial charge in [0, 0.05) is 82.4 Å². The number of hydrogen-bond acceptors (Lipinski definition) is 7. The molecule has 4 aromatic rings. The zero-order chi connectivity index (χ0) is 35.7. The minimum absolute atomic E-state index is 0.0586. The molecule has 3 aliphatic rings. The van der Waals surface area contributed by atoms with Crippen molar-refractivity contribution in [1.29, 1.82) is 0 Å². The average molecular weight is 697 g/mol. The summed E-state index contributed by atoms with van der Waals surface area (Å²) in [6.07, 6.45) is 0.166. The van der Waals surface area contributed by atoms with E-state index < -0.39 is 17.6 Å². The topological polar surface area (TPSA) is 121 Å². The number of nitrogen functional groups attached to an aromatic ring is 1. The number of fused-ring (bicyclic) bond motifs is 1. The third kappa shape index (κ3) is 8.08. The molecular weight excluding hydrogens is 657 g/mol. The molecule has 10 nitrogen and oxygen atoms in total. The molecule has 7 rings (SSSR count). The van der Waals surface area contributed by atoms with Crippen molar-refractivity contribution in [3.63, 3.8) is 0 Å². The molecule has 1 saturated carbocycles. The van der Waals surface area contributed by atoms with Gasteiger partial charge in [0.15, 0.2) is 0 Å². The molecule has 2 amide bonds. The van der Waals surface area contributed by atoms with Crippen molar-refractivity contribution < 1.29 is 22.8 Å². The number of nitrogens with zero attached hydrogens (tertiary/aromatic N) is 5. The summed E-state index contributed by atoms with van der Waals surface area (Å²) >= 11 is 0. The number of aromatic nitrogens is 3. The lowest BCUT2D eigenvalue weighted by Gasteiger charge is -2.35. The SMILES string of the molecule is Cn1c(-c2nc(N)ncc2C#Cc2cccc(CC(=O)Nc3ccc(CN4CCN(CC5CC5)CC4)c(C(F)(F)F)c3)c2)cc2c1CCNC2=O. The van der Waals surface area contributed by atoms with Gasteiger partial charge in [0.2, 0.25) is 11.9 Å². The lowest BCUT2D eigenvalue weighted by Crippen LogP contribution is -2.46. The Morgan fingerprint density at radius 1 is 1.06 bits per heavy atom. The fourth-order valence-electron chi connectivity index (χ4n) is 6.82. The molecular formula is C38H39F3N8O2.